The van der Waals surface area contributed by atoms with Crippen LogP contribution in [0, 0.1) is 11.8 Å². The lowest BCUT2D eigenvalue weighted by Crippen LogP contribution is -2.46. The van der Waals surface area contributed by atoms with Gasteiger partial charge in [-0.25, -0.2) is 0 Å². The van der Waals surface area contributed by atoms with Crippen molar-refractivity contribution < 1.29 is 19.7 Å². The van der Waals surface area contributed by atoms with Crippen molar-refractivity contribution >= 4 is 6.29 Å². The number of carbonyl (C=O) groups is 1. The third-order valence-corrected chi connectivity index (χ3v) is 3.39. The lowest BCUT2D eigenvalue weighted by atomic mass is 9.91. The molecule has 2 N–H and O–H groups in total. The van der Waals surface area contributed by atoms with Crippen LogP contribution in [-0.4, -0.2) is 41.4 Å². The number of aldehydes is 1. The summed E-state index contributed by atoms with van der Waals surface area (Å²) in [6.07, 6.45) is 1.70. The third-order valence-electron chi connectivity index (χ3n) is 3.39. The number of aliphatic hydroxyl groups is 2. The molecule has 2 aliphatic rings. The summed E-state index contributed by atoms with van der Waals surface area (Å²) in [6.45, 7) is 0.218. The average Bonchev–Trinajstić information content (AvgIpc) is 2.56. The first kappa shape index (κ1) is 10.1. The number of ether oxygens (including phenoxy) is 1. The molecule has 2 rings (SSSR count). The number of aliphatic hydroxyl groups excluding tert-OH is 2. The summed E-state index contributed by atoms with van der Waals surface area (Å²) in [5.41, 5.74) is 0. The monoisotopic (exact) mass is 200 g/mol. The Hall–Kier alpha value is -0.450. The molecule has 0 aromatic rings. The fourth-order valence-corrected chi connectivity index (χ4v) is 2.62. The van der Waals surface area contributed by atoms with Crippen molar-refractivity contribution in [2.45, 2.75) is 37.6 Å². The van der Waals surface area contributed by atoms with E-state index >= 15 is 0 Å². The largest absolute Gasteiger partial charge is 0.390 e. The van der Waals surface area contributed by atoms with Crippen LogP contribution in [0.5, 0.6) is 0 Å². The summed E-state index contributed by atoms with van der Waals surface area (Å²) >= 11 is 0. The summed E-state index contributed by atoms with van der Waals surface area (Å²) in [5.74, 6) is 0.339. The van der Waals surface area contributed by atoms with Gasteiger partial charge in [-0.3, -0.25) is 0 Å². The van der Waals surface area contributed by atoms with Gasteiger partial charge in [-0.2, -0.15) is 0 Å². The van der Waals surface area contributed by atoms with Crippen molar-refractivity contribution in [3.63, 3.8) is 0 Å². The van der Waals surface area contributed by atoms with Crippen molar-refractivity contribution in [2.24, 2.45) is 11.8 Å². The minimum absolute atomic E-state index is 0.0173. The summed E-state index contributed by atoms with van der Waals surface area (Å²) < 4.78 is 5.44. The van der Waals surface area contributed by atoms with Gasteiger partial charge in [-0.05, 0) is 18.8 Å². The normalized spacial score (nSPS) is 47.4. The Morgan fingerprint density at radius 3 is 2.86 bits per heavy atom. The van der Waals surface area contributed by atoms with E-state index < -0.39 is 12.2 Å². The topological polar surface area (TPSA) is 66.8 Å². The van der Waals surface area contributed by atoms with E-state index in [4.69, 9.17) is 4.74 Å². The Labute approximate surface area is 82.9 Å². The van der Waals surface area contributed by atoms with Gasteiger partial charge in [0.1, 0.15) is 12.4 Å². The van der Waals surface area contributed by atoms with E-state index in [-0.39, 0.29) is 18.6 Å². The minimum atomic E-state index is -0.758. The number of hydrogen-bond donors (Lipinski definition) is 2. The van der Waals surface area contributed by atoms with E-state index in [0.29, 0.717) is 12.3 Å². The Kier molecular flexibility index (Phi) is 2.85. The Morgan fingerprint density at radius 2 is 2.14 bits per heavy atom. The van der Waals surface area contributed by atoms with Crippen molar-refractivity contribution in [3.05, 3.63) is 0 Å². The summed E-state index contributed by atoms with van der Waals surface area (Å²) in [4.78, 5) is 10.4. The van der Waals surface area contributed by atoms with E-state index in [0.717, 1.165) is 19.1 Å². The van der Waals surface area contributed by atoms with Crippen LogP contribution in [0.3, 0.4) is 0 Å². The summed E-state index contributed by atoms with van der Waals surface area (Å²) in [5, 5.41) is 19.1. The molecule has 14 heavy (non-hydrogen) atoms. The molecule has 4 heteroatoms. The highest BCUT2D eigenvalue weighted by Crippen LogP contribution is 2.40. The second-order valence-corrected chi connectivity index (χ2v) is 4.33. The van der Waals surface area contributed by atoms with Crippen LogP contribution in [0.4, 0.5) is 0 Å². The molecule has 2 fully saturated rings. The van der Waals surface area contributed by atoms with Crippen LogP contribution in [0.25, 0.3) is 0 Å². The highest BCUT2D eigenvalue weighted by Gasteiger charge is 2.44. The summed E-state index contributed by atoms with van der Waals surface area (Å²) in [6, 6.07) is 0. The fourth-order valence-electron chi connectivity index (χ4n) is 2.62. The Bertz CT molecular complexity index is 218. The van der Waals surface area contributed by atoms with Crippen LogP contribution in [-0.2, 0) is 9.53 Å². The highest BCUT2D eigenvalue weighted by molar-refractivity contribution is 5.49. The van der Waals surface area contributed by atoms with Gasteiger partial charge in [0.05, 0.1) is 18.8 Å². The Morgan fingerprint density at radius 1 is 1.36 bits per heavy atom. The molecule has 5 atom stereocenters. The van der Waals surface area contributed by atoms with Gasteiger partial charge in [-0.1, -0.05) is 0 Å². The third kappa shape index (κ3) is 1.69. The quantitative estimate of drug-likeness (QED) is 0.602. The van der Waals surface area contributed by atoms with E-state index in [1.54, 1.807) is 0 Å². The van der Waals surface area contributed by atoms with Gasteiger partial charge in [0.25, 0.3) is 0 Å². The van der Waals surface area contributed by atoms with Crippen molar-refractivity contribution in [1.82, 2.24) is 0 Å². The van der Waals surface area contributed by atoms with E-state index in [1.807, 2.05) is 0 Å². The van der Waals surface area contributed by atoms with Gasteiger partial charge in [0, 0.05) is 12.3 Å². The van der Waals surface area contributed by atoms with Gasteiger partial charge >= 0.3 is 0 Å². The summed E-state index contributed by atoms with van der Waals surface area (Å²) in [7, 11) is 0. The van der Waals surface area contributed by atoms with Crippen molar-refractivity contribution in [2.75, 3.05) is 6.61 Å². The lowest BCUT2D eigenvalue weighted by molar-refractivity contribution is -0.147. The van der Waals surface area contributed by atoms with Gasteiger partial charge in [-0.15, -0.1) is 0 Å². The predicted octanol–water partition coefficient (Wildman–Crippen LogP) is -0.278. The van der Waals surface area contributed by atoms with E-state index in [9.17, 15) is 15.0 Å². The van der Waals surface area contributed by atoms with E-state index in [1.165, 1.54) is 0 Å². The molecule has 1 heterocycles. The second-order valence-electron chi connectivity index (χ2n) is 4.33. The molecule has 1 saturated carbocycles. The molecule has 0 aromatic carbocycles. The molecule has 5 unspecified atom stereocenters. The number of rotatable bonds is 2. The maximum Gasteiger partial charge on any atom is 0.120 e. The SMILES string of the molecule is O=CCC1CC2OCC(O)C(O)C2C1. The second kappa shape index (κ2) is 3.96. The number of fused-ring (bicyclic) bond motifs is 1. The number of carbonyl (C=O) groups excluding carboxylic acids is 1. The molecule has 0 aromatic heterocycles. The average molecular weight is 200 g/mol. The van der Waals surface area contributed by atoms with Crippen LogP contribution in [0.1, 0.15) is 19.3 Å². The van der Waals surface area contributed by atoms with Gasteiger partial charge < -0.3 is 19.7 Å². The molecule has 0 bridgehead atoms. The molecule has 4 nitrogen and oxygen atoms in total. The lowest BCUT2D eigenvalue weighted by Gasteiger charge is -2.34. The first-order valence-electron chi connectivity index (χ1n) is 5.13. The van der Waals surface area contributed by atoms with Gasteiger partial charge in [0.15, 0.2) is 0 Å². The van der Waals surface area contributed by atoms with Gasteiger partial charge in [0.2, 0.25) is 0 Å². The zero-order valence-corrected chi connectivity index (χ0v) is 8.00. The molecule has 0 radical (unpaired) electrons. The first-order valence-corrected chi connectivity index (χ1v) is 5.13. The molecular weight excluding hydrogens is 184 g/mol. The smallest absolute Gasteiger partial charge is 0.120 e. The van der Waals surface area contributed by atoms with Crippen LogP contribution in [0.2, 0.25) is 0 Å². The molecule has 1 aliphatic heterocycles. The standard InChI is InChI=1S/C10H16O4/c11-2-1-6-3-7-9(4-6)14-5-8(12)10(7)13/h2,6-10,12-13H,1,3-5H2. The fraction of sp³-hybridized carbons (Fsp3) is 0.900. The molecule has 0 amide bonds. The predicted molar refractivity (Wildman–Crippen MR) is 48.6 cm³/mol. The molecular formula is C10H16O4. The number of hydrogen-bond acceptors (Lipinski definition) is 4. The molecule has 1 saturated heterocycles. The highest BCUT2D eigenvalue weighted by atomic mass is 16.5. The maximum absolute atomic E-state index is 10.4. The van der Waals surface area contributed by atoms with Crippen LogP contribution >= 0.6 is 0 Å². The molecule has 1 aliphatic carbocycles. The van der Waals surface area contributed by atoms with Crippen LogP contribution in [0.15, 0.2) is 0 Å². The Balaban J connectivity index is 1.99. The van der Waals surface area contributed by atoms with E-state index in [2.05, 4.69) is 0 Å². The zero-order chi connectivity index (χ0) is 10.1. The van der Waals surface area contributed by atoms with Crippen molar-refractivity contribution in [1.29, 1.82) is 0 Å². The molecule has 0 spiro atoms. The minimum Gasteiger partial charge on any atom is -0.390 e. The van der Waals surface area contributed by atoms with Crippen molar-refractivity contribution in [3.8, 4) is 0 Å². The molecule has 80 valence electrons. The maximum atomic E-state index is 10.4. The first-order chi connectivity index (χ1) is 6.72. The van der Waals surface area contributed by atoms with Crippen LogP contribution < -0.4 is 0 Å². The zero-order valence-electron chi connectivity index (χ0n) is 8.00.